The number of anilines is 2. The van der Waals surface area contributed by atoms with Crippen molar-refractivity contribution in [2.45, 2.75) is 13.8 Å². The standard InChI is InChI=1S/C18H19N5O3S/c1-11-9-13(3-4-14(11)22-5-7-26-8-6-22)17(25)19-15-10-27-18-20-16(24)12(2)21-23(15)18/h3-4,9-10H,5-8H2,1-2H3,(H,19,25). The van der Waals surface area contributed by atoms with E-state index >= 15 is 0 Å². The molecule has 4 rings (SSSR count). The first kappa shape index (κ1) is 17.6. The average molecular weight is 385 g/mol. The summed E-state index contributed by atoms with van der Waals surface area (Å²) < 4.78 is 6.88. The second kappa shape index (κ2) is 7.09. The van der Waals surface area contributed by atoms with E-state index in [1.807, 2.05) is 25.1 Å². The van der Waals surface area contributed by atoms with Gasteiger partial charge in [-0.15, -0.1) is 11.3 Å². The molecule has 0 saturated carbocycles. The first-order valence-corrected chi connectivity index (χ1v) is 9.51. The van der Waals surface area contributed by atoms with Crippen molar-refractivity contribution >= 4 is 33.7 Å². The third kappa shape index (κ3) is 3.43. The molecule has 0 bridgehead atoms. The number of nitrogens with zero attached hydrogens (tertiary/aromatic N) is 4. The molecule has 1 amide bonds. The Balaban J connectivity index is 1.57. The second-order valence-electron chi connectivity index (χ2n) is 6.37. The SMILES string of the molecule is Cc1cc(C(=O)Nc2csc3nc(=O)c(C)nn23)ccc1N1CCOCC1. The fourth-order valence-corrected chi connectivity index (χ4v) is 3.82. The van der Waals surface area contributed by atoms with Gasteiger partial charge in [-0.3, -0.25) is 9.59 Å². The molecule has 1 fully saturated rings. The average Bonchev–Trinajstić information content (AvgIpc) is 3.04. The Morgan fingerprint density at radius 1 is 1.26 bits per heavy atom. The number of carbonyl (C=O) groups excluding carboxylic acids is 1. The summed E-state index contributed by atoms with van der Waals surface area (Å²) in [4.78, 5) is 30.9. The zero-order chi connectivity index (χ0) is 19.0. The number of carbonyl (C=O) groups is 1. The Bertz CT molecular complexity index is 1070. The molecule has 27 heavy (non-hydrogen) atoms. The Labute approximate surface area is 159 Å². The van der Waals surface area contributed by atoms with Crippen LogP contribution in [-0.4, -0.2) is 46.8 Å². The van der Waals surface area contributed by atoms with Crippen molar-refractivity contribution in [3.05, 3.63) is 50.8 Å². The smallest absolute Gasteiger partial charge is 0.295 e. The predicted octanol–water partition coefficient (Wildman–Crippen LogP) is 1.86. The molecule has 8 nitrogen and oxygen atoms in total. The summed E-state index contributed by atoms with van der Waals surface area (Å²) in [5.74, 6) is 0.259. The topological polar surface area (TPSA) is 88.8 Å². The predicted molar refractivity (Wildman–Crippen MR) is 104 cm³/mol. The number of benzene rings is 1. The number of rotatable bonds is 3. The summed E-state index contributed by atoms with van der Waals surface area (Å²) in [6, 6.07) is 5.67. The fraction of sp³-hybridized carbons (Fsp3) is 0.333. The largest absolute Gasteiger partial charge is 0.378 e. The van der Waals surface area contributed by atoms with Crippen LogP contribution in [-0.2, 0) is 4.74 Å². The summed E-state index contributed by atoms with van der Waals surface area (Å²) in [5.41, 5.74) is 2.65. The maximum absolute atomic E-state index is 12.7. The number of aryl methyl sites for hydroxylation is 2. The van der Waals surface area contributed by atoms with Crippen LogP contribution in [0.4, 0.5) is 11.5 Å². The molecule has 2 aromatic heterocycles. The van der Waals surface area contributed by atoms with Crippen molar-refractivity contribution < 1.29 is 9.53 Å². The molecule has 0 spiro atoms. The number of thiazole rings is 1. The van der Waals surface area contributed by atoms with Crippen molar-refractivity contribution in [1.29, 1.82) is 0 Å². The van der Waals surface area contributed by atoms with Gasteiger partial charge in [-0.2, -0.15) is 14.6 Å². The first-order chi connectivity index (χ1) is 13.0. The van der Waals surface area contributed by atoms with Crippen molar-refractivity contribution in [3.63, 3.8) is 0 Å². The summed E-state index contributed by atoms with van der Waals surface area (Å²) in [6.45, 7) is 6.73. The van der Waals surface area contributed by atoms with Gasteiger partial charge in [-0.25, -0.2) is 0 Å². The minimum Gasteiger partial charge on any atom is -0.378 e. The van der Waals surface area contributed by atoms with E-state index in [1.54, 1.807) is 12.3 Å². The lowest BCUT2D eigenvalue weighted by Crippen LogP contribution is -2.36. The second-order valence-corrected chi connectivity index (χ2v) is 7.21. The first-order valence-electron chi connectivity index (χ1n) is 8.63. The summed E-state index contributed by atoms with van der Waals surface area (Å²) in [7, 11) is 0. The highest BCUT2D eigenvalue weighted by Crippen LogP contribution is 2.23. The van der Waals surface area contributed by atoms with Crippen LogP contribution in [0.25, 0.3) is 4.96 Å². The van der Waals surface area contributed by atoms with Gasteiger partial charge in [0.2, 0.25) is 4.96 Å². The Kier molecular flexibility index (Phi) is 4.63. The Morgan fingerprint density at radius 3 is 2.78 bits per heavy atom. The quantitative estimate of drug-likeness (QED) is 0.740. The number of hydrogen-bond acceptors (Lipinski definition) is 7. The third-order valence-corrected chi connectivity index (χ3v) is 5.31. The van der Waals surface area contributed by atoms with Crippen molar-refractivity contribution in [2.24, 2.45) is 0 Å². The number of fused-ring (bicyclic) bond motifs is 1. The monoisotopic (exact) mass is 385 g/mol. The van der Waals surface area contributed by atoms with Gasteiger partial charge in [0.1, 0.15) is 11.5 Å². The zero-order valence-electron chi connectivity index (χ0n) is 15.1. The molecule has 0 unspecified atom stereocenters. The van der Waals surface area contributed by atoms with E-state index in [9.17, 15) is 9.59 Å². The van der Waals surface area contributed by atoms with E-state index in [4.69, 9.17) is 4.74 Å². The van der Waals surface area contributed by atoms with Crippen molar-refractivity contribution in [1.82, 2.24) is 14.6 Å². The van der Waals surface area contributed by atoms with Gasteiger partial charge in [0, 0.05) is 29.7 Å². The minimum atomic E-state index is -0.357. The highest BCUT2D eigenvalue weighted by Gasteiger charge is 2.16. The van der Waals surface area contributed by atoms with Crippen molar-refractivity contribution in [2.75, 3.05) is 36.5 Å². The molecule has 0 aliphatic carbocycles. The lowest BCUT2D eigenvalue weighted by molar-refractivity contribution is 0.102. The van der Waals surface area contributed by atoms with Gasteiger partial charge in [-0.05, 0) is 37.6 Å². The molecule has 3 aromatic rings. The van der Waals surface area contributed by atoms with Crippen LogP contribution in [0.5, 0.6) is 0 Å². The lowest BCUT2D eigenvalue weighted by atomic mass is 10.1. The zero-order valence-corrected chi connectivity index (χ0v) is 15.9. The maximum Gasteiger partial charge on any atom is 0.295 e. The Morgan fingerprint density at radius 2 is 2.04 bits per heavy atom. The minimum absolute atomic E-state index is 0.232. The van der Waals surface area contributed by atoms with E-state index < -0.39 is 0 Å². The highest BCUT2D eigenvalue weighted by atomic mass is 32.1. The lowest BCUT2D eigenvalue weighted by Gasteiger charge is -2.30. The van der Waals surface area contributed by atoms with Crippen LogP contribution in [0, 0.1) is 13.8 Å². The summed E-state index contributed by atoms with van der Waals surface area (Å²) in [5, 5.41) is 8.77. The molecule has 1 saturated heterocycles. The van der Waals surface area contributed by atoms with Gasteiger partial charge in [0.05, 0.1) is 13.2 Å². The normalized spacial score (nSPS) is 14.5. The number of amides is 1. The molecule has 140 valence electrons. The van der Waals surface area contributed by atoms with Crippen LogP contribution < -0.4 is 15.8 Å². The number of morpholine rings is 1. The van der Waals surface area contributed by atoms with Crippen LogP contribution in [0.15, 0.2) is 28.4 Å². The molecule has 9 heteroatoms. The van der Waals surface area contributed by atoms with Gasteiger partial charge < -0.3 is 15.0 Å². The highest BCUT2D eigenvalue weighted by molar-refractivity contribution is 7.15. The third-order valence-electron chi connectivity index (χ3n) is 4.49. The number of ether oxygens (including phenoxy) is 1. The van der Waals surface area contributed by atoms with Crippen LogP contribution in [0.2, 0.25) is 0 Å². The van der Waals surface area contributed by atoms with E-state index in [-0.39, 0.29) is 17.2 Å². The fourth-order valence-electron chi connectivity index (χ4n) is 3.07. The molecule has 0 radical (unpaired) electrons. The van der Waals surface area contributed by atoms with Crippen LogP contribution in [0.3, 0.4) is 0 Å². The molecule has 0 atom stereocenters. The van der Waals surface area contributed by atoms with Gasteiger partial charge in [0.25, 0.3) is 11.5 Å². The number of nitrogens with one attached hydrogen (secondary N) is 1. The molecule has 1 aliphatic heterocycles. The van der Waals surface area contributed by atoms with Gasteiger partial charge in [-0.1, -0.05) is 0 Å². The number of hydrogen-bond donors (Lipinski definition) is 1. The van der Waals surface area contributed by atoms with Crippen LogP contribution in [0.1, 0.15) is 21.6 Å². The van der Waals surface area contributed by atoms with Gasteiger partial charge in [0.15, 0.2) is 0 Å². The van der Waals surface area contributed by atoms with E-state index in [1.165, 1.54) is 15.9 Å². The van der Waals surface area contributed by atoms with Crippen LogP contribution >= 0.6 is 11.3 Å². The summed E-state index contributed by atoms with van der Waals surface area (Å²) >= 11 is 1.25. The molecular weight excluding hydrogens is 366 g/mol. The van der Waals surface area contributed by atoms with E-state index in [2.05, 4.69) is 20.3 Å². The molecule has 1 aromatic carbocycles. The summed E-state index contributed by atoms with van der Waals surface area (Å²) in [6.07, 6.45) is 0. The maximum atomic E-state index is 12.7. The molecule has 3 heterocycles. The number of aromatic nitrogens is 3. The van der Waals surface area contributed by atoms with Gasteiger partial charge >= 0.3 is 0 Å². The molecule has 1 N–H and O–H groups in total. The molecular formula is C18H19N5O3S. The van der Waals surface area contributed by atoms with Crippen molar-refractivity contribution in [3.8, 4) is 0 Å². The van der Waals surface area contributed by atoms with E-state index in [0.29, 0.717) is 16.3 Å². The van der Waals surface area contributed by atoms with E-state index in [0.717, 1.165) is 37.6 Å². The Hall–Kier alpha value is -2.78. The molecule has 1 aliphatic rings.